The summed E-state index contributed by atoms with van der Waals surface area (Å²) in [5.41, 5.74) is 4.85. The molecule has 1 aliphatic heterocycles. The molecule has 2 amide bonds. The lowest BCUT2D eigenvalue weighted by Gasteiger charge is -2.23. The molecule has 0 spiro atoms. The zero-order valence-electron chi connectivity index (χ0n) is 16.9. The maximum Gasteiger partial charge on any atom is 0.222 e. The summed E-state index contributed by atoms with van der Waals surface area (Å²) in [5.74, 6) is 1.01. The number of hydrazone groups is 1. The van der Waals surface area contributed by atoms with Gasteiger partial charge >= 0.3 is 0 Å². The quantitative estimate of drug-likeness (QED) is 0.516. The van der Waals surface area contributed by atoms with Crippen LogP contribution in [0.15, 0.2) is 72.0 Å². The van der Waals surface area contributed by atoms with Crippen molar-refractivity contribution in [3.63, 3.8) is 0 Å². The standard InChI is InChI=1S/C23H22N6O2/c1-16-7-8-19(25-14-30)13-20(16)18-9-10-24-21(12-18)29-22(27-23(28-29)26-15-31)11-17-5-3-2-4-6-17/h2-10,12-15,22H,11H2,1H3,(H,25,30)(H2,26,27,28,31). The molecule has 156 valence electrons. The Bertz CT molecular complexity index is 1120. The van der Waals surface area contributed by atoms with E-state index in [2.05, 4.69) is 26.0 Å². The largest absolute Gasteiger partial charge is 0.332 e. The summed E-state index contributed by atoms with van der Waals surface area (Å²) in [6.45, 7) is 2.01. The van der Waals surface area contributed by atoms with E-state index in [4.69, 9.17) is 0 Å². The minimum atomic E-state index is -0.211. The summed E-state index contributed by atoms with van der Waals surface area (Å²) < 4.78 is 0. The molecular weight excluding hydrogens is 392 g/mol. The van der Waals surface area contributed by atoms with Crippen molar-refractivity contribution in [2.75, 3.05) is 10.3 Å². The summed E-state index contributed by atoms with van der Waals surface area (Å²) >= 11 is 0. The van der Waals surface area contributed by atoms with Crippen molar-refractivity contribution in [1.82, 2.24) is 15.6 Å². The van der Waals surface area contributed by atoms with Crippen LogP contribution in [0.4, 0.5) is 11.5 Å². The maximum absolute atomic E-state index is 10.9. The van der Waals surface area contributed by atoms with Crippen LogP contribution in [0.25, 0.3) is 11.1 Å². The number of rotatable bonds is 7. The van der Waals surface area contributed by atoms with Crippen molar-refractivity contribution >= 4 is 30.3 Å². The number of aromatic nitrogens is 1. The first-order chi connectivity index (χ1) is 15.2. The molecule has 0 bridgehead atoms. The van der Waals surface area contributed by atoms with Gasteiger partial charge in [0, 0.05) is 18.3 Å². The molecule has 2 aromatic carbocycles. The predicted molar refractivity (Wildman–Crippen MR) is 120 cm³/mol. The molecule has 0 aliphatic carbocycles. The molecule has 2 heterocycles. The number of carbonyl (C=O) groups excluding carboxylic acids is 2. The monoisotopic (exact) mass is 414 g/mol. The van der Waals surface area contributed by atoms with Gasteiger partial charge in [0.25, 0.3) is 0 Å². The topological polar surface area (TPSA) is 98.7 Å². The lowest BCUT2D eigenvalue weighted by Crippen LogP contribution is -2.43. The summed E-state index contributed by atoms with van der Waals surface area (Å²) in [6.07, 6.45) is 3.43. The minimum Gasteiger partial charge on any atom is -0.332 e. The number of nitrogens with one attached hydrogen (secondary N) is 3. The normalized spacial score (nSPS) is 15.1. The first kappa shape index (κ1) is 20.1. The van der Waals surface area contributed by atoms with Crippen LogP contribution < -0.4 is 21.0 Å². The van der Waals surface area contributed by atoms with Crippen LogP contribution in [0.3, 0.4) is 0 Å². The molecule has 0 fully saturated rings. The highest BCUT2D eigenvalue weighted by atomic mass is 16.1. The second-order valence-electron chi connectivity index (χ2n) is 7.10. The second kappa shape index (κ2) is 9.08. The molecule has 1 unspecified atom stereocenters. The van der Waals surface area contributed by atoms with E-state index in [0.717, 1.165) is 22.3 Å². The second-order valence-corrected chi connectivity index (χ2v) is 7.10. The van der Waals surface area contributed by atoms with Gasteiger partial charge in [0.15, 0.2) is 5.82 Å². The van der Waals surface area contributed by atoms with Crippen LogP contribution in [0.1, 0.15) is 11.1 Å². The Morgan fingerprint density at radius 1 is 1.03 bits per heavy atom. The summed E-state index contributed by atoms with van der Waals surface area (Å²) in [7, 11) is 0. The fourth-order valence-electron chi connectivity index (χ4n) is 3.54. The molecule has 1 atom stereocenters. The van der Waals surface area contributed by atoms with Crippen molar-refractivity contribution < 1.29 is 9.59 Å². The van der Waals surface area contributed by atoms with E-state index in [1.54, 1.807) is 11.2 Å². The molecule has 31 heavy (non-hydrogen) atoms. The number of nitrogens with zero attached hydrogens (tertiary/aromatic N) is 3. The molecule has 4 rings (SSSR count). The third-order valence-corrected chi connectivity index (χ3v) is 5.03. The molecule has 3 aromatic rings. The first-order valence-corrected chi connectivity index (χ1v) is 9.83. The van der Waals surface area contributed by atoms with Gasteiger partial charge in [0.2, 0.25) is 18.8 Å². The van der Waals surface area contributed by atoms with Gasteiger partial charge in [-0.25, -0.2) is 9.99 Å². The summed E-state index contributed by atoms with van der Waals surface area (Å²) in [5, 5.41) is 14.8. The minimum absolute atomic E-state index is 0.211. The van der Waals surface area contributed by atoms with Gasteiger partial charge in [0.05, 0.1) is 0 Å². The first-order valence-electron chi connectivity index (χ1n) is 9.83. The van der Waals surface area contributed by atoms with Gasteiger partial charge in [0.1, 0.15) is 6.17 Å². The van der Waals surface area contributed by atoms with Gasteiger partial charge in [-0.3, -0.25) is 14.9 Å². The van der Waals surface area contributed by atoms with Gasteiger partial charge in [-0.1, -0.05) is 36.4 Å². The Kier molecular flexibility index (Phi) is 5.89. The molecular formula is C23H22N6O2. The number of aryl methyl sites for hydroxylation is 1. The van der Waals surface area contributed by atoms with Crippen molar-refractivity contribution in [2.24, 2.45) is 5.10 Å². The van der Waals surface area contributed by atoms with E-state index in [0.29, 0.717) is 36.7 Å². The van der Waals surface area contributed by atoms with Crippen LogP contribution in [-0.4, -0.2) is 29.9 Å². The van der Waals surface area contributed by atoms with Crippen LogP contribution >= 0.6 is 0 Å². The maximum atomic E-state index is 10.9. The number of guanidine groups is 1. The molecule has 1 aliphatic rings. The highest BCUT2D eigenvalue weighted by Crippen LogP contribution is 2.30. The van der Waals surface area contributed by atoms with Gasteiger partial charge in [-0.05, 0) is 53.4 Å². The highest BCUT2D eigenvalue weighted by Gasteiger charge is 2.28. The number of benzene rings is 2. The molecule has 8 heteroatoms. The predicted octanol–water partition coefficient (Wildman–Crippen LogP) is 2.62. The van der Waals surface area contributed by atoms with Crippen LogP contribution in [0.2, 0.25) is 0 Å². The third kappa shape index (κ3) is 4.53. The lowest BCUT2D eigenvalue weighted by atomic mass is 10.0. The zero-order chi connectivity index (χ0) is 21.6. The Hall–Kier alpha value is -4.20. The summed E-state index contributed by atoms with van der Waals surface area (Å²) in [6, 6.07) is 19.6. The number of amides is 2. The average Bonchev–Trinajstić information content (AvgIpc) is 3.18. The fraction of sp³-hybridized carbons (Fsp3) is 0.130. The van der Waals surface area contributed by atoms with E-state index < -0.39 is 0 Å². The Morgan fingerprint density at radius 3 is 2.61 bits per heavy atom. The number of pyridine rings is 1. The molecule has 0 saturated heterocycles. The van der Waals surface area contributed by atoms with Gasteiger partial charge in [-0.2, -0.15) is 0 Å². The molecule has 3 N–H and O–H groups in total. The number of hydrogen-bond donors (Lipinski definition) is 3. The third-order valence-electron chi connectivity index (χ3n) is 5.03. The van der Waals surface area contributed by atoms with E-state index in [1.807, 2.05) is 67.6 Å². The van der Waals surface area contributed by atoms with Crippen LogP contribution in [-0.2, 0) is 16.0 Å². The van der Waals surface area contributed by atoms with Crippen molar-refractivity contribution in [1.29, 1.82) is 0 Å². The number of anilines is 2. The molecule has 0 saturated carbocycles. The van der Waals surface area contributed by atoms with Crippen molar-refractivity contribution in [2.45, 2.75) is 19.5 Å². The van der Waals surface area contributed by atoms with Gasteiger partial charge < -0.3 is 10.6 Å². The van der Waals surface area contributed by atoms with Crippen LogP contribution in [0, 0.1) is 6.92 Å². The van der Waals surface area contributed by atoms with Crippen molar-refractivity contribution in [3.8, 4) is 11.1 Å². The molecule has 0 radical (unpaired) electrons. The fourth-order valence-corrected chi connectivity index (χ4v) is 3.54. The Labute approximate surface area is 180 Å². The van der Waals surface area contributed by atoms with E-state index in [1.165, 1.54) is 0 Å². The Balaban J connectivity index is 1.68. The van der Waals surface area contributed by atoms with Crippen molar-refractivity contribution in [3.05, 3.63) is 78.0 Å². The lowest BCUT2D eigenvalue weighted by molar-refractivity contribution is -0.108. The average molecular weight is 414 g/mol. The van der Waals surface area contributed by atoms with Gasteiger partial charge in [-0.15, -0.1) is 5.10 Å². The molecule has 8 nitrogen and oxygen atoms in total. The zero-order valence-corrected chi connectivity index (χ0v) is 16.9. The highest BCUT2D eigenvalue weighted by molar-refractivity contribution is 5.91. The van der Waals surface area contributed by atoms with Crippen LogP contribution in [0.5, 0.6) is 0 Å². The summed E-state index contributed by atoms with van der Waals surface area (Å²) in [4.78, 5) is 26.3. The Morgan fingerprint density at radius 2 is 1.84 bits per heavy atom. The SMILES string of the molecule is Cc1ccc(NC=O)cc1-c1ccnc(N2N=C(NC=O)NC2Cc2ccccc2)c1. The van der Waals surface area contributed by atoms with E-state index in [-0.39, 0.29) is 6.17 Å². The smallest absolute Gasteiger partial charge is 0.222 e. The number of hydrogen-bond acceptors (Lipinski definition) is 6. The van der Waals surface area contributed by atoms with E-state index in [9.17, 15) is 9.59 Å². The number of carbonyl (C=O) groups is 2. The van der Waals surface area contributed by atoms with E-state index >= 15 is 0 Å². The molecule has 1 aromatic heterocycles.